The van der Waals surface area contributed by atoms with E-state index in [4.69, 9.17) is 0 Å². The number of rotatable bonds is 4. The second-order valence-corrected chi connectivity index (χ2v) is 1.89. The van der Waals surface area contributed by atoms with Crippen molar-refractivity contribution in [2.75, 3.05) is 6.61 Å². The van der Waals surface area contributed by atoms with E-state index in [1.807, 2.05) is 6.92 Å². The number of halogens is 3. The second kappa shape index (κ2) is 4.98. The van der Waals surface area contributed by atoms with Crippen molar-refractivity contribution in [2.45, 2.75) is 25.9 Å². The summed E-state index contributed by atoms with van der Waals surface area (Å²) in [5.74, 6) is 0. The second-order valence-electron chi connectivity index (χ2n) is 1.89. The quantitative estimate of drug-likeness (QED) is 0.466. The lowest BCUT2D eigenvalue weighted by atomic mass is 10.4. The summed E-state index contributed by atoms with van der Waals surface area (Å²) in [6.45, 7) is 0.524. The van der Waals surface area contributed by atoms with E-state index in [2.05, 4.69) is 16.2 Å². The largest absolute Gasteiger partial charge is 0.425 e. The molecule has 0 N–H and O–H groups in total. The van der Waals surface area contributed by atoms with Crippen molar-refractivity contribution in [1.82, 2.24) is 0 Å². The van der Waals surface area contributed by atoms with Crippen LogP contribution in [0.5, 0.6) is 0 Å². The fourth-order valence-electron chi connectivity index (χ4n) is 0.309. The van der Waals surface area contributed by atoms with E-state index in [-0.39, 0.29) is 0 Å². The molecule has 65 valence electrons. The Hall–Kier alpha value is -0.740. The van der Waals surface area contributed by atoms with Crippen LogP contribution in [0.4, 0.5) is 13.2 Å². The topological polar surface area (TPSA) is 21.6 Å². The summed E-state index contributed by atoms with van der Waals surface area (Å²) in [6.07, 6.45) is -0.695. The minimum atomic E-state index is -4.31. The molecule has 11 heavy (non-hydrogen) atoms. The number of hydrogen-bond donors (Lipinski definition) is 0. The lowest BCUT2D eigenvalue weighted by Gasteiger charge is -2.02. The highest BCUT2D eigenvalue weighted by atomic mass is 19.4. The van der Waals surface area contributed by atoms with E-state index < -0.39 is 12.8 Å². The summed E-state index contributed by atoms with van der Waals surface area (Å²) in [5.41, 5.74) is 0. The molecule has 1 radical (unpaired) electrons. The first kappa shape index (κ1) is 10.3. The summed E-state index contributed by atoms with van der Waals surface area (Å²) < 4.78 is 34.1. The molecule has 0 atom stereocenters. The first-order chi connectivity index (χ1) is 5.06. The van der Waals surface area contributed by atoms with Gasteiger partial charge in [-0.25, -0.2) is 0 Å². The van der Waals surface area contributed by atoms with Crippen molar-refractivity contribution in [3.63, 3.8) is 0 Å². The molecule has 0 aliphatic carbocycles. The van der Waals surface area contributed by atoms with Crippen molar-refractivity contribution < 1.29 is 18.0 Å². The molecule has 0 bridgehead atoms. The van der Waals surface area contributed by atoms with Crippen LogP contribution in [-0.2, 0) is 4.84 Å². The van der Waals surface area contributed by atoms with Crippen molar-refractivity contribution in [2.24, 2.45) is 5.16 Å². The number of hydrogen-bond acceptors (Lipinski definition) is 2. The molecule has 0 aromatic carbocycles. The van der Waals surface area contributed by atoms with Crippen LogP contribution in [0.1, 0.15) is 19.8 Å². The molecule has 2 nitrogen and oxygen atoms in total. The molecule has 0 spiro atoms. The molecule has 5 heteroatoms. The van der Waals surface area contributed by atoms with Gasteiger partial charge in [-0.2, -0.15) is 13.2 Å². The molecule has 0 aromatic heterocycles. The van der Waals surface area contributed by atoms with Crippen molar-refractivity contribution in [3.05, 3.63) is 0 Å². The maximum atomic E-state index is 11.4. The van der Waals surface area contributed by atoms with Gasteiger partial charge in [0.25, 0.3) is 0 Å². The van der Waals surface area contributed by atoms with Gasteiger partial charge in [0, 0.05) is 0 Å². The summed E-state index contributed by atoms with van der Waals surface area (Å²) in [5, 5.41) is 2.98. The lowest BCUT2D eigenvalue weighted by molar-refractivity contribution is -0.173. The Morgan fingerprint density at radius 3 is 2.55 bits per heavy atom. The summed E-state index contributed by atoms with van der Waals surface area (Å²) >= 11 is 0. The Morgan fingerprint density at radius 2 is 2.09 bits per heavy atom. The zero-order chi connectivity index (χ0) is 8.74. The lowest BCUT2D eigenvalue weighted by Crippen LogP contribution is -2.14. The van der Waals surface area contributed by atoms with Gasteiger partial charge in [0.15, 0.2) is 0 Å². The molecule has 0 rings (SSSR count). The standard InChI is InChI=1S/C6H9F3NO/c1-2-3-4-10-11-5-6(7,8)9/h2-3,5H2,1H3. The van der Waals surface area contributed by atoms with Crippen LogP contribution in [0.3, 0.4) is 0 Å². The minimum absolute atomic E-state index is 0.512. The van der Waals surface area contributed by atoms with Gasteiger partial charge in [-0.1, -0.05) is 18.5 Å². The monoisotopic (exact) mass is 168 g/mol. The maximum Gasteiger partial charge on any atom is 0.425 e. The van der Waals surface area contributed by atoms with Crippen LogP contribution in [0.25, 0.3) is 0 Å². The molecule has 0 saturated carbocycles. The zero-order valence-corrected chi connectivity index (χ0v) is 6.11. The Balaban J connectivity index is 3.27. The van der Waals surface area contributed by atoms with E-state index >= 15 is 0 Å². The predicted molar refractivity (Wildman–Crippen MR) is 34.3 cm³/mol. The van der Waals surface area contributed by atoms with Crippen LogP contribution in [0.15, 0.2) is 5.16 Å². The Kier molecular flexibility index (Phi) is 4.65. The Labute approximate surface area is 63.0 Å². The minimum Gasteiger partial charge on any atom is -0.386 e. The summed E-state index contributed by atoms with van der Waals surface area (Å²) in [4.78, 5) is 3.89. The van der Waals surface area contributed by atoms with Crippen LogP contribution in [0.2, 0.25) is 0 Å². The molecule has 0 aromatic rings. The molecule has 0 heterocycles. The van der Waals surface area contributed by atoms with Gasteiger partial charge in [0.1, 0.15) is 6.21 Å². The van der Waals surface area contributed by atoms with E-state index in [9.17, 15) is 13.2 Å². The van der Waals surface area contributed by atoms with Crippen LogP contribution in [0, 0.1) is 0 Å². The molecule has 0 fully saturated rings. The molecule has 0 amide bonds. The van der Waals surface area contributed by atoms with Gasteiger partial charge in [-0.15, -0.1) is 0 Å². The average Bonchev–Trinajstić information content (AvgIpc) is 1.85. The third-order valence-corrected chi connectivity index (χ3v) is 0.719. The predicted octanol–water partition coefficient (Wildman–Crippen LogP) is 2.23. The Bertz CT molecular complexity index is 121. The molecular formula is C6H9F3NO. The molecule has 0 aliphatic heterocycles. The van der Waals surface area contributed by atoms with E-state index in [1.54, 1.807) is 0 Å². The number of nitrogens with zero attached hydrogens (tertiary/aromatic N) is 1. The van der Waals surface area contributed by atoms with Gasteiger partial charge in [-0.05, 0) is 6.42 Å². The van der Waals surface area contributed by atoms with Crippen molar-refractivity contribution >= 4 is 6.21 Å². The maximum absolute atomic E-state index is 11.4. The zero-order valence-electron chi connectivity index (χ0n) is 6.11. The van der Waals surface area contributed by atoms with Gasteiger partial charge in [0.2, 0.25) is 6.61 Å². The molecule has 0 aliphatic rings. The highest BCUT2D eigenvalue weighted by molar-refractivity contribution is 5.55. The third kappa shape index (κ3) is 9.26. The van der Waals surface area contributed by atoms with Gasteiger partial charge in [-0.3, -0.25) is 0 Å². The van der Waals surface area contributed by atoms with Crippen LogP contribution >= 0.6 is 0 Å². The first-order valence-electron chi connectivity index (χ1n) is 3.18. The van der Waals surface area contributed by atoms with Crippen molar-refractivity contribution in [1.29, 1.82) is 0 Å². The molecule has 0 unspecified atom stereocenters. The Morgan fingerprint density at radius 1 is 1.45 bits per heavy atom. The average molecular weight is 168 g/mol. The van der Waals surface area contributed by atoms with E-state index in [0.29, 0.717) is 6.42 Å². The van der Waals surface area contributed by atoms with E-state index in [0.717, 1.165) is 6.42 Å². The highest BCUT2D eigenvalue weighted by Gasteiger charge is 2.28. The first-order valence-corrected chi connectivity index (χ1v) is 3.18. The SMILES string of the molecule is CCC/[C]=N/OCC(F)(F)F. The number of alkyl halides is 3. The fraction of sp³-hybridized carbons (Fsp3) is 0.833. The van der Waals surface area contributed by atoms with Gasteiger partial charge >= 0.3 is 6.18 Å². The normalized spacial score (nSPS) is 12.4. The van der Waals surface area contributed by atoms with Gasteiger partial charge < -0.3 is 4.84 Å². The van der Waals surface area contributed by atoms with Crippen molar-refractivity contribution in [3.8, 4) is 0 Å². The summed E-state index contributed by atoms with van der Waals surface area (Å²) in [7, 11) is 0. The smallest absolute Gasteiger partial charge is 0.386 e. The highest BCUT2D eigenvalue weighted by Crippen LogP contribution is 2.14. The van der Waals surface area contributed by atoms with E-state index in [1.165, 1.54) is 0 Å². The van der Waals surface area contributed by atoms with Crippen LogP contribution in [-0.4, -0.2) is 19.0 Å². The third-order valence-electron chi connectivity index (χ3n) is 0.719. The van der Waals surface area contributed by atoms with Gasteiger partial charge in [0.05, 0.1) is 0 Å². The molecule has 0 saturated heterocycles. The number of unbranched alkanes of at least 4 members (excludes halogenated alkanes) is 1. The van der Waals surface area contributed by atoms with Crippen LogP contribution < -0.4 is 0 Å². The molecular weight excluding hydrogens is 159 g/mol. The summed E-state index contributed by atoms with van der Waals surface area (Å²) in [6, 6.07) is 0. The fourth-order valence-corrected chi connectivity index (χ4v) is 0.309.